The van der Waals surface area contributed by atoms with E-state index in [0.717, 1.165) is 49.5 Å². The molecule has 0 bridgehead atoms. The van der Waals surface area contributed by atoms with Gasteiger partial charge in [-0.15, -0.1) is 0 Å². The van der Waals surface area contributed by atoms with Gasteiger partial charge in [-0.3, -0.25) is 0 Å². The van der Waals surface area contributed by atoms with Crippen molar-refractivity contribution in [3.63, 3.8) is 0 Å². The summed E-state index contributed by atoms with van der Waals surface area (Å²) in [6, 6.07) is 10.7. The van der Waals surface area contributed by atoms with E-state index < -0.39 is 11.7 Å². The van der Waals surface area contributed by atoms with E-state index in [1.807, 2.05) is 37.3 Å². The van der Waals surface area contributed by atoms with Crippen molar-refractivity contribution >= 4 is 17.0 Å². The highest BCUT2D eigenvalue weighted by Crippen LogP contribution is 2.35. The lowest BCUT2D eigenvalue weighted by Crippen LogP contribution is -2.35. The van der Waals surface area contributed by atoms with Gasteiger partial charge in [0.1, 0.15) is 23.6 Å². The Labute approximate surface area is 217 Å². The van der Waals surface area contributed by atoms with Crippen LogP contribution < -0.4 is 10.1 Å². The summed E-state index contributed by atoms with van der Waals surface area (Å²) in [5.41, 5.74) is 1.04. The minimum Gasteiger partial charge on any atom is -0.490 e. The first-order valence-electron chi connectivity index (χ1n) is 12.2. The summed E-state index contributed by atoms with van der Waals surface area (Å²) < 4.78 is 46.0. The standard InChI is InChI=1S/C27H26F3N7O/c1-16(17-3-5-20(6-4-17)38-21-7-9-37(2)10-8-21)35-26-34-13-18(12-31)24(36-26)23-15-33-25-22(23)11-19(14-32-25)27(28,29)30/h3-6,11,13-16,21H,7-10H2,1-2H3,(H,32,33)(H,34,35,36)/t16-/m1/s1. The average molecular weight is 522 g/mol. The molecule has 0 saturated carbocycles. The quantitative estimate of drug-likeness (QED) is 0.343. The first-order chi connectivity index (χ1) is 18.2. The minimum atomic E-state index is -4.55. The summed E-state index contributed by atoms with van der Waals surface area (Å²) in [4.78, 5) is 17.8. The van der Waals surface area contributed by atoms with Gasteiger partial charge >= 0.3 is 6.18 Å². The first-order valence-corrected chi connectivity index (χ1v) is 12.2. The maximum absolute atomic E-state index is 13.3. The van der Waals surface area contributed by atoms with E-state index in [1.54, 1.807) is 0 Å². The van der Waals surface area contributed by atoms with Crippen LogP contribution >= 0.6 is 0 Å². The SMILES string of the molecule is C[C@@H](Nc1ncc(C#N)c(-c2c[nH]c3ncc(C(F)(F)F)cc23)n1)c1ccc(OC2CCN(C)CC2)cc1. The molecule has 1 aliphatic heterocycles. The van der Waals surface area contributed by atoms with Crippen molar-refractivity contribution in [1.29, 1.82) is 5.26 Å². The topological polar surface area (TPSA) is 103 Å². The van der Waals surface area contributed by atoms with Crippen molar-refractivity contribution in [2.75, 3.05) is 25.5 Å². The summed E-state index contributed by atoms with van der Waals surface area (Å²) in [7, 11) is 2.11. The molecule has 0 radical (unpaired) electrons. The smallest absolute Gasteiger partial charge is 0.417 e. The number of nitriles is 1. The van der Waals surface area contributed by atoms with Crippen LogP contribution in [0.25, 0.3) is 22.3 Å². The maximum atomic E-state index is 13.3. The second kappa shape index (κ2) is 10.3. The Morgan fingerprint density at radius 3 is 2.58 bits per heavy atom. The van der Waals surface area contributed by atoms with Crippen molar-refractivity contribution in [3.05, 3.63) is 65.6 Å². The molecular formula is C27H26F3N7O. The van der Waals surface area contributed by atoms with Gasteiger partial charge in [0.25, 0.3) is 0 Å². The number of aromatic nitrogens is 4. The Bertz CT molecular complexity index is 1470. The first kappa shape index (κ1) is 25.5. The Balaban J connectivity index is 1.35. The van der Waals surface area contributed by atoms with Crippen LogP contribution in [0.1, 0.15) is 42.5 Å². The number of likely N-dealkylation sites (tertiary alicyclic amines) is 1. The molecule has 38 heavy (non-hydrogen) atoms. The van der Waals surface area contributed by atoms with Gasteiger partial charge in [-0.05, 0) is 50.6 Å². The van der Waals surface area contributed by atoms with Gasteiger partial charge in [-0.1, -0.05) is 12.1 Å². The molecule has 1 aliphatic rings. The zero-order chi connectivity index (χ0) is 26.9. The molecule has 11 heteroatoms. The van der Waals surface area contributed by atoms with Crippen LogP contribution in [0.3, 0.4) is 0 Å². The van der Waals surface area contributed by atoms with Crippen LogP contribution in [0, 0.1) is 11.3 Å². The summed E-state index contributed by atoms with van der Waals surface area (Å²) in [6.07, 6.45) is 1.29. The number of hydrogen-bond acceptors (Lipinski definition) is 7. The van der Waals surface area contributed by atoms with Crippen LogP contribution in [0.15, 0.2) is 48.9 Å². The normalized spacial score (nSPS) is 15.8. The molecule has 0 amide bonds. The molecule has 1 aromatic carbocycles. The predicted molar refractivity (Wildman–Crippen MR) is 136 cm³/mol. The number of piperidine rings is 1. The highest BCUT2D eigenvalue weighted by Gasteiger charge is 2.31. The van der Waals surface area contributed by atoms with Gasteiger partial charge in [0, 0.05) is 36.4 Å². The molecule has 4 heterocycles. The van der Waals surface area contributed by atoms with Gasteiger partial charge in [0.15, 0.2) is 0 Å². The van der Waals surface area contributed by atoms with Crippen molar-refractivity contribution in [1.82, 2.24) is 24.8 Å². The van der Waals surface area contributed by atoms with Crippen LogP contribution in [0.4, 0.5) is 19.1 Å². The fourth-order valence-electron chi connectivity index (χ4n) is 4.50. The number of alkyl halides is 3. The van der Waals surface area contributed by atoms with Crippen LogP contribution in [0.5, 0.6) is 5.75 Å². The molecule has 1 fully saturated rings. The zero-order valence-electron chi connectivity index (χ0n) is 20.9. The summed E-state index contributed by atoms with van der Waals surface area (Å²) in [5, 5.41) is 13.0. The van der Waals surface area contributed by atoms with Crippen LogP contribution in [0.2, 0.25) is 0 Å². The molecule has 196 valence electrons. The molecule has 1 saturated heterocycles. The third-order valence-electron chi connectivity index (χ3n) is 6.72. The number of ether oxygens (including phenoxy) is 1. The number of nitrogens with zero attached hydrogens (tertiary/aromatic N) is 5. The summed E-state index contributed by atoms with van der Waals surface area (Å²) >= 11 is 0. The van der Waals surface area contributed by atoms with Gasteiger partial charge in [-0.25, -0.2) is 15.0 Å². The number of halogens is 3. The van der Waals surface area contributed by atoms with Gasteiger partial charge in [-0.2, -0.15) is 18.4 Å². The zero-order valence-corrected chi connectivity index (χ0v) is 20.9. The second-order valence-corrected chi connectivity index (χ2v) is 9.44. The third kappa shape index (κ3) is 5.40. The van der Waals surface area contributed by atoms with Crippen molar-refractivity contribution in [2.45, 2.75) is 38.1 Å². The van der Waals surface area contributed by atoms with Gasteiger partial charge in [0.2, 0.25) is 5.95 Å². The number of rotatable bonds is 6. The lowest BCUT2D eigenvalue weighted by molar-refractivity contribution is -0.137. The fourth-order valence-corrected chi connectivity index (χ4v) is 4.50. The largest absolute Gasteiger partial charge is 0.490 e. The average Bonchev–Trinajstić information content (AvgIpc) is 3.33. The summed E-state index contributed by atoms with van der Waals surface area (Å²) in [5.74, 6) is 1.06. The number of hydrogen-bond donors (Lipinski definition) is 2. The molecule has 1 atom stereocenters. The minimum absolute atomic E-state index is 0.136. The number of H-pyrrole nitrogens is 1. The van der Waals surface area contributed by atoms with E-state index in [2.05, 4.69) is 37.2 Å². The Morgan fingerprint density at radius 2 is 1.89 bits per heavy atom. The maximum Gasteiger partial charge on any atom is 0.417 e. The van der Waals surface area contributed by atoms with Crippen molar-refractivity contribution in [3.8, 4) is 23.1 Å². The third-order valence-corrected chi connectivity index (χ3v) is 6.72. The molecule has 5 rings (SSSR count). The van der Waals surface area contributed by atoms with E-state index in [-0.39, 0.29) is 40.4 Å². The Hall–Kier alpha value is -4.17. The van der Waals surface area contributed by atoms with Crippen molar-refractivity contribution < 1.29 is 17.9 Å². The molecule has 0 unspecified atom stereocenters. The number of nitrogens with one attached hydrogen (secondary N) is 2. The highest BCUT2D eigenvalue weighted by molar-refractivity contribution is 5.94. The predicted octanol–water partition coefficient (Wildman–Crippen LogP) is 5.56. The van der Waals surface area contributed by atoms with E-state index in [4.69, 9.17) is 4.74 Å². The molecule has 0 spiro atoms. The number of fused-ring (bicyclic) bond motifs is 1. The van der Waals surface area contributed by atoms with E-state index in [9.17, 15) is 18.4 Å². The fraction of sp³-hybridized carbons (Fsp3) is 0.333. The Morgan fingerprint density at radius 1 is 1.16 bits per heavy atom. The highest BCUT2D eigenvalue weighted by atomic mass is 19.4. The van der Waals surface area contributed by atoms with Gasteiger partial charge < -0.3 is 19.9 Å². The lowest BCUT2D eigenvalue weighted by atomic mass is 10.1. The lowest BCUT2D eigenvalue weighted by Gasteiger charge is -2.29. The molecule has 2 N–H and O–H groups in total. The van der Waals surface area contributed by atoms with Crippen molar-refractivity contribution in [2.24, 2.45) is 0 Å². The number of anilines is 1. The van der Waals surface area contributed by atoms with Crippen LogP contribution in [-0.2, 0) is 6.18 Å². The molecule has 8 nitrogen and oxygen atoms in total. The monoisotopic (exact) mass is 521 g/mol. The molecule has 4 aromatic rings. The number of pyridine rings is 1. The summed E-state index contributed by atoms with van der Waals surface area (Å²) in [6.45, 7) is 3.99. The number of aromatic amines is 1. The molecule has 3 aromatic heterocycles. The van der Waals surface area contributed by atoms with Crippen LogP contribution in [-0.4, -0.2) is 51.1 Å². The Kier molecular flexibility index (Phi) is 6.91. The van der Waals surface area contributed by atoms with E-state index in [1.165, 1.54) is 12.4 Å². The van der Waals surface area contributed by atoms with E-state index >= 15 is 0 Å². The van der Waals surface area contributed by atoms with E-state index in [0.29, 0.717) is 5.56 Å². The van der Waals surface area contributed by atoms with Gasteiger partial charge in [0.05, 0.1) is 29.1 Å². The molecular weight excluding hydrogens is 495 g/mol. The number of benzene rings is 1. The molecule has 0 aliphatic carbocycles. The second-order valence-electron chi connectivity index (χ2n) is 9.44.